The van der Waals surface area contributed by atoms with Crippen molar-refractivity contribution < 1.29 is 4.79 Å². The second-order valence-corrected chi connectivity index (χ2v) is 6.70. The minimum absolute atomic E-state index is 0.00169. The Balaban J connectivity index is 2.69. The van der Waals surface area contributed by atoms with Crippen LogP contribution in [0.1, 0.15) is 43.6 Å². The Hall–Kier alpha value is -0.830. The van der Waals surface area contributed by atoms with E-state index in [2.05, 4.69) is 48.9 Å². The van der Waals surface area contributed by atoms with Gasteiger partial charge in [0.15, 0.2) is 0 Å². The van der Waals surface area contributed by atoms with Crippen LogP contribution < -0.4 is 5.32 Å². The predicted molar refractivity (Wildman–Crippen MR) is 84.4 cm³/mol. The van der Waals surface area contributed by atoms with Crippen LogP contribution in [0.4, 0.5) is 0 Å². The van der Waals surface area contributed by atoms with Crippen molar-refractivity contribution in [2.24, 2.45) is 17.8 Å². The van der Waals surface area contributed by atoms with E-state index in [1.807, 2.05) is 25.1 Å². The molecule has 19 heavy (non-hydrogen) atoms. The first-order valence-electron chi connectivity index (χ1n) is 6.87. The Kier molecular flexibility index (Phi) is 6.05. The van der Waals surface area contributed by atoms with Gasteiger partial charge < -0.3 is 5.32 Å². The van der Waals surface area contributed by atoms with Gasteiger partial charge in [0.05, 0.1) is 5.56 Å². The van der Waals surface area contributed by atoms with Gasteiger partial charge in [-0.1, -0.05) is 33.8 Å². The average Bonchev–Trinajstić information content (AvgIpc) is 2.27. The summed E-state index contributed by atoms with van der Waals surface area (Å²) >= 11 is 3.45. The Labute approximate surface area is 125 Å². The quantitative estimate of drug-likeness (QED) is 0.853. The number of hydrogen-bond donors (Lipinski definition) is 1. The summed E-state index contributed by atoms with van der Waals surface area (Å²) in [6, 6.07) is 5.80. The first kappa shape index (κ1) is 16.2. The molecule has 0 aliphatic carbocycles. The van der Waals surface area contributed by atoms with Gasteiger partial charge in [0, 0.05) is 11.0 Å². The van der Waals surface area contributed by atoms with Gasteiger partial charge >= 0.3 is 0 Å². The Morgan fingerprint density at radius 3 is 2.26 bits per heavy atom. The summed E-state index contributed by atoms with van der Waals surface area (Å²) in [6.07, 6.45) is 0. The number of carbonyl (C=O) groups is 1. The van der Waals surface area contributed by atoms with E-state index in [1.165, 1.54) is 0 Å². The molecule has 0 unspecified atom stereocenters. The highest BCUT2D eigenvalue weighted by molar-refractivity contribution is 9.10. The Bertz CT molecular complexity index is 432. The summed E-state index contributed by atoms with van der Waals surface area (Å²) in [5.74, 6) is 1.65. The van der Waals surface area contributed by atoms with Crippen molar-refractivity contribution in [1.82, 2.24) is 5.32 Å². The van der Waals surface area contributed by atoms with Crippen molar-refractivity contribution in [1.29, 1.82) is 0 Å². The molecule has 3 heteroatoms. The molecule has 0 saturated heterocycles. The number of hydrogen-bond acceptors (Lipinski definition) is 1. The summed E-state index contributed by atoms with van der Waals surface area (Å²) in [6.45, 7) is 11.6. The lowest BCUT2D eigenvalue weighted by Gasteiger charge is -2.25. The van der Waals surface area contributed by atoms with Crippen LogP contribution in [0.15, 0.2) is 22.7 Å². The molecule has 1 aromatic carbocycles. The second-order valence-electron chi connectivity index (χ2n) is 5.85. The van der Waals surface area contributed by atoms with Gasteiger partial charge in [0.2, 0.25) is 0 Å². The first-order valence-corrected chi connectivity index (χ1v) is 7.66. The minimum Gasteiger partial charge on any atom is -0.352 e. The number of halogens is 1. The Morgan fingerprint density at radius 1 is 1.21 bits per heavy atom. The van der Waals surface area contributed by atoms with Gasteiger partial charge in [-0.2, -0.15) is 0 Å². The van der Waals surface area contributed by atoms with Gasteiger partial charge in [-0.25, -0.2) is 0 Å². The van der Waals surface area contributed by atoms with Crippen molar-refractivity contribution in [3.63, 3.8) is 0 Å². The lowest BCUT2D eigenvalue weighted by molar-refractivity contribution is 0.0936. The highest BCUT2D eigenvalue weighted by Crippen LogP contribution is 2.21. The van der Waals surface area contributed by atoms with Crippen LogP contribution in [0.25, 0.3) is 0 Å². The number of amides is 1. The lowest BCUT2D eigenvalue weighted by Crippen LogP contribution is -2.34. The zero-order valence-corrected chi connectivity index (χ0v) is 14.0. The van der Waals surface area contributed by atoms with E-state index in [1.54, 1.807) is 0 Å². The second kappa shape index (κ2) is 7.09. The van der Waals surface area contributed by atoms with Crippen LogP contribution in [0, 0.1) is 24.7 Å². The van der Waals surface area contributed by atoms with E-state index in [4.69, 9.17) is 0 Å². The molecule has 0 radical (unpaired) electrons. The Morgan fingerprint density at radius 2 is 1.79 bits per heavy atom. The summed E-state index contributed by atoms with van der Waals surface area (Å²) in [7, 11) is 0. The van der Waals surface area contributed by atoms with Gasteiger partial charge in [0.1, 0.15) is 0 Å². The maximum Gasteiger partial charge on any atom is 0.252 e. The standard InChI is InChI=1S/C16H24BrNO/c1-10(2)14(11(3)4)9-18-16(19)13-7-6-12(5)8-15(13)17/h6-8,10-11,14H,9H2,1-5H3,(H,18,19). The lowest BCUT2D eigenvalue weighted by atomic mass is 9.85. The smallest absolute Gasteiger partial charge is 0.252 e. The van der Waals surface area contributed by atoms with E-state index in [9.17, 15) is 4.79 Å². The van der Waals surface area contributed by atoms with Crippen LogP contribution in [0.5, 0.6) is 0 Å². The number of aryl methyl sites for hydroxylation is 1. The summed E-state index contributed by atoms with van der Waals surface area (Å²) in [4.78, 5) is 12.2. The van der Waals surface area contributed by atoms with Crippen molar-refractivity contribution >= 4 is 21.8 Å². The summed E-state index contributed by atoms with van der Waals surface area (Å²) in [5, 5.41) is 3.05. The molecule has 1 N–H and O–H groups in total. The molecule has 1 rings (SSSR count). The SMILES string of the molecule is Cc1ccc(C(=O)NCC(C(C)C)C(C)C)c(Br)c1. The third kappa shape index (κ3) is 4.64. The van der Waals surface area contributed by atoms with E-state index in [0.717, 1.165) is 16.6 Å². The van der Waals surface area contributed by atoms with Crippen molar-refractivity contribution in [2.45, 2.75) is 34.6 Å². The molecule has 0 bridgehead atoms. The molecule has 0 aliphatic heterocycles. The van der Waals surface area contributed by atoms with Gasteiger partial charge in [-0.3, -0.25) is 4.79 Å². The van der Waals surface area contributed by atoms with Crippen LogP contribution in [-0.2, 0) is 0 Å². The summed E-state index contributed by atoms with van der Waals surface area (Å²) < 4.78 is 0.857. The third-order valence-corrected chi connectivity index (χ3v) is 4.24. The normalized spacial score (nSPS) is 11.4. The molecule has 0 spiro atoms. The van der Waals surface area contributed by atoms with E-state index in [0.29, 0.717) is 23.3 Å². The number of nitrogens with one attached hydrogen (secondary N) is 1. The molecule has 1 aromatic rings. The molecule has 0 aromatic heterocycles. The van der Waals surface area contributed by atoms with Crippen LogP contribution >= 0.6 is 15.9 Å². The molecule has 0 saturated carbocycles. The van der Waals surface area contributed by atoms with Gasteiger partial charge in [-0.15, -0.1) is 0 Å². The number of carbonyl (C=O) groups excluding carboxylic acids is 1. The average molecular weight is 326 g/mol. The first-order chi connectivity index (χ1) is 8.82. The molecular weight excluding hydrogens is 302 g/mol. The zero-order chi connectivity index (χ0) is 14.6. The van der Waals surface area contributed by atoms with Crippen LogP contribution in [-0.4, -0.2) is 12.5 Å². The maximum absolute atomic E-state index is 12.2. The van der Waals surface area contributed by atoms with Gasteiger partial charge in [-0.05, 0) is 58.3 Å². The monoisotopic (exact) mass is 325 g/mol. The fourth-order valence-electron chi connectivity index (χ4n) is 2.35. The minimum atomic E-state index is -0.00169. The molecular formula is C16H24BrNO. The topological polar surface area (TPSA) is 29.1 Å². The highest BCUT2D eigenvalue weighted by atomic mass is 79.9. The molecule has 0 atom stereocenters. The molecule has 0 aliphatic rings. The highest BCUT2D eigenvalue weighted by Gasteiger charge is 2.19. The zero-order valence-electron chi connectivity index (χ0n) is 12.5. The van der Waals surface area contributed by atoms with Crippen molar-refractivity contribution in [3.05, 3.63) is 33.8 Å². The number of rotatable bonds is 5. The number of benzene rings is 1. The predicted octanol–water partition coefficient (Wildman–Crippen LogP) is 4.42. The molecule has 0 fully saturated rings. The van der Waals surface area contributed by atoms with E-state index >= 15 is 0 Å². The molecule has 0 heterocycles. The summed E-state index contributed by atoms with van der Waals surface area (Å²) in [5.41, 5.74) is 1.85. The largest absolute Gasteiger partial charge is 0.352 e. The van der Waals surface area contributed by atoms with Gasteiger partial charge in [0.25, 0.3) is 5.91 Å². The van der Waals surface area contributed by atoms with Crippen LogP contribution in [0.3, 0.4) is 0 Å². The van der Waals surface area contributed by atoms with E-state index < -0.39 is 0 Å². The molecule has 106 valence electrons. The molecule has 1 amide bonds. The molecule has 2 nitrogen and oxygen atoms in total. The third-order valence-electron chi connectivity index (χ3n) is 3.58. The fourth-order valence-corrected chi connectivity index (χ4v) is 3.02. The fraction of sp³-hybridized carbons (Fsp3) is 0.562. The van der Waals surface area contributed by atoms with Crippen molar-refractivity contribution in [3.8, 4) is 0 Å². The van der Waals surface area contributed by atoms with Crippen LogP contribution in [0.2, 0.25) is 0 Å². The maximum atomic E-state index is 12.2. The van der Waals surface area contributed by atoms with E-state index in [-0.39, 0.29) is 5.91 Å². The van der Waals surface area contributed by atoms with Crippen molar-refractivity contribution in [2.75, 3.05) is 6.54 Å².